The van der Waals surface area contributed by atoms with Crippen LogP contribution in [0.1, 0.15) is 17.5 Å². The van der Waals surface area contributed by atoms with E-state index in [1.54, 1.807) is 0 Å². The minimum absolute atomic E-state index is 0.0862. The molecular weight excluding hydrogens is 456 g/mol. The van der Waals surface area contributed by atoms with Gasteiger partial charge in [0.2, 0.25) is 5.91 Å². The van der Waals surface area contributed by atoms with Gasteiger partial charge in [-0.25, -0.2) is 4.90 Å². The summed E-state index contributed by atoms with van der Waals surface area (Å²) in [5.74, 6) is -0.467. The van der Waals surface area contributed by atoms with Crippen molar-refractivity contribution in [3.8, 4) is 0 Å². The second-order valence-electron chi connectivity index (χ2n) is 8.92. The predicted molar refractivity (Wildman–Crippen MR) is 146 cm³/mol. The first-order valence-corrected chi connectivity index (χ1v) is 12.1. The molecule has 2 amide bonds. The van der Waals surface area contributed by atoms with Crippen molar-refractivity contribution in [2.24, 2.45) is 0 Å². The molecular formula is C28H30N4O2S. The number of thiocarbonyl (C=S) groups is 1. The summed E-state index contributed by atoms with van der Waals surface area (Å²) in [5.41, 5.74) is 4.71. The van der Waals surface area contributed by atoms with Gasteiger partial charge < -0.3 is 15.1 Å². The third kappa shape index (κ3) is 5.69. The second-order valence-corrected chi connectivity index (χ2v) is 9.31. The number of carbonyl (C=O) groups is 2. The van der Waals surface area contributed by atoms with E-state index < -0.39 is 6.04 Å². The van der Waals surface area contributed by atoms with Crippen LogP contribution in [0.3, 0.4) is 0 Å². The van der Waals surface area contributed by atoms with Gasteiger partial charge in [-0.1, -0.05) is 48.0 Å². The summed E-state index contributed by atoms with van der Waals surface area (Å²) in [7, 11) is 3.97. The Morgan fingerprint density at radius 2 is 1.63 bits per heavy atom. The van der Waals surface area contributed by atoms with Crippen molar-refractivity contribution in [2.75, 3.05) is 35.8 Å². The van der Waals surface area contributed by atoms with Crippen LogP contribution >= 0.6 is 12.2 Å². The van der Waals surface area contributed by atoms with Crippen molar-refractivity contribution in [2.45, 2.75) is 25.8 Å². The van der Waals surface area contributed by atoms with Crippen LogP contribution < -0.4 is 15.1 Å². The number of benzene rings is 3. The topological polar surface area (TPSA) is 55.9 Å². The summed E-state index contributed by atoms with van der Waals surface area (Å²) in [6, 6.07) is 24.7. The number of imide groups is 1. The summed E-state index contributed by atoms with van der Waals surface area (Å²) in [6.45, 7) is 2.48. The van der Waals surface area contributed by atoms with Crippen LogP contribution in [-0.2, 0) is 16.0 Å². The number of hydrogen-bond acceptors (Lipinski definition) is 4. The van der Waals surface area contributed by atoms with Crippen LogP contribution in [0.5, 0.6) is 0 Å². The quantitative estimate of drug-likeness (QED) is 0.388. The van der Waals surface area contributed by atoms with Gasteiger partial charge >= 0.3 is 0 Å². The first-order chi connectivity index (χ1) is 16.8. The second kappa shape index (κ2) is 10.7. The lowest BCUT2D eigenvalue weighted by atomic mass is 10.1. The normalized spacial score (nSPS) is 15.3. The third-order valence-electron chi connectivity index (χ3n) is 6.17. The van der Waals surface area contributed by atoms with Crippen LogP contribution in [0.4, 0.5) is 17.1 Å². The predicted octanol–water partition coefficient (Wildman–Crippen LogP) is 4.63. The highest BCUT2D eigenvalue weighted by Gasteiger charge is 2.43. The molecule has 4 rings (SSSR count). The summed E-state index contributed by atoms with van der Waals surface area (Å²) in [5, 5.41) is 3.70. The first-order valence-electron chi connectivity index (χ1n) is 11.7. The molecule has 3 aromatic rings. The smallest absolute Gasteiger partial charge is 0.257 e. The van der Waals surface area contributed by atoms with Crippen molar-refractivity contribution in [3.63, 3.8) is 0 Å². The molecule has 0 saturated carbocycles. The average Bonchev–Trinajstić information content (AvgIpc) is 3.14. The number of carbonyl (C=O) groups excluding carboxylic acids is 2. The maximum absolute atomic E-state index is 13.5. The van der Waals surface area contributed by atoms with Gasteiger partial charge in [0, 0.05) is 32.0 Å². The maximum Gasteiger partial charge on any atom is 0.257 e. The molecule has 35 heavy (non-hydrogen) atoms. The summed E-state index contributed by atoms with van der Waals surface area (Å²) in [4.78, 5) is 31.6. The molecule has 1 aliphatic rings. The highest BCUT2D eigenvalue weighted by atomic mass is 32.1. The molecule has 1 atom stereocenters. The van der Waals surface area contributed by atoms with Crippen LogP contribution in [0.25, 0.3) is 0 Å². The zero-order valence-electron chi connectivity index (χ0n) is 20.3. The van der Waals surface area contributed by atoms with Crippen molar-refractivity contribution >= 4 is 46.2 Å². The Labute approximate surface area is 212 Å². The lowest BCUT2D eigenvalue weighted by Gasteiger charge is -2.30. The largest absolute Gasteiger partial charge is 0.378 e. The van der Waals surface area contributed by atoms with Crippen LogP contribution in [0, 0.1) is 6.92 Å². The van der Waals surface area contributed by atoms with Crippen LogP contribution in [-0.4, -0.2) is 48.5 Å². The molecule has 7 heteroatoms. The number of nitrogens with zero attached hydrogens (tertiary/aromatic N) is 3. The number of rotatable bonds is 7. The molecule has 0 radical (unpaired) electrons. The van der Waals surface area contributed by atoms with E-state index in [2.05, 4.69) is 17.4 Å². The van der Waals surface area contributed by atoms with E-state index in [4.69, 9.17) is 12.2 Å². The molecule has 1 fully saturated rings. The molecule has 0 aromatic heterocycles. The van der Waals surface area contributed by atoms with Crippen LogP contribution in [0.2, 0.25) is 0 Å². The van der Waals surface area contributed by atoms with Gasteiger partial charge in [0.25, 0.3) is 5.91 Å². The first kappa shape index (κ1) is 24.4. The third-order valence-corrected chi connectivity index (χ3v) is 6.51. The molecule has 1 N–H and O–H groups in total. The Balaban J connectivity index is 1.57. The van der Waals surface area contributed by atoms with E-state index in [0.29, 0.717) is 23.8 Å². The number of anilines is 3. The fraction of sp³-hybridized carbons (Fsp3) is 0.250. The Morgan fingerprint density at radius 1 is 0.971 bits per heavy atom. The van der Waals surface area contributed by atoms with Gasteiger partial charge in [-0.3, -0.25) is 9.59 Å². The van der Waals surface area contributed by atoms with E-state index in [9.17, 15) is 9.59 Å². The lowest BCUT2D eigenvalue weighted by molar-refractivity contribution is -0.122. The van der Waals surface area contributed by atoms with Gasteiger partial charge in [-0.05, 0) is 67.5 Å². The minimum atomic E-state index is -0.659. The molecule has 1 heterocycles. The molecule has 0 unspecified atom stereocenters. The number of aryl methyl sites for hydroxylation is 1. The van der Waals surface area contributed by atoms with E-state index in [1.165, 1.54) is 4.90 Å². The van der Waals surface area contributed by atoms with Gasteiger partial charge in [0.15, 0.2) is 5.11 Å². The van der Waals surface area contributed by atoms with Crippen molar-refractivity contribution in [3.05, 3.63) is 90.0 Å². The van der Waals surface area contributed by atoms with Gasteiger partial charge in [-0.15, -0.1) is 0 Å². The number of amides is 2. The van der Waals surface area contributed by atoms with E-state index >= 15 is 0 Å². The molecule has 0 bridgehead atoms. The standard InChI is InChI=1S/C28H30N4O2S/c1-20-9-13-24(14-10-20)32-26(33)19-25(27(32)34)31(18-17-21-7-5-4-6-8-21)28(35)29-22-11-15-23(16-12-22)30(2)3/h4-16,25H,17-19H2,1-3H3,(H,29,35)/t25-/m0/s1. The van der Waals surface area contributed by atoms with E-state index in [1.807, 2.05) is 97.5 Å². The number of nitrogens with one attached hydrogen (secondary N) is 1. The van der Waals surface area contributed by atoms with E-state index in [-0.39, 0.29) is 18.2 Å². The van der Waals surface area contributed by atoms with Gasteiger partial charge in [-0.2, -0.15) is 0 Å². The average molecular weight is 487 g/mol. The molecule has 0 aliphatic carbocycles. The fourth-order valence-corrected chi connectivity index (χ4v) is 4.49. The van der Waals surface area contributed by atoms with Gasteiger partial charge in [0.1, 0.15) is 6.04 Å². The lowest BCUT2D eigenvalue weighted by Crippen LogP contribution is -2.48. The highest BCUT2D eigenvalue weighted by Crippen LogP contribution is 2.27. The summed E-state index contributed by atoms with van der Waals surface area (Å²) in [6.07, 6.45) is 0.785. The molecule has 6 nitrogen and oxygen atoms in total. The molecule has 180 valence electrons. The van der Waals surface area contributed by atoms with Crippen molar-refractivity contribution in [1.82, 2.24) is 4.90 Å². The molecule has 1 aliphatic heterocycles. The van der Waals surface area contributed by atoms with Crippen molar-refractivity contribution < 1.29 is 9.59 Å². The Kier molecular flexibility index (Phi) is 7.46. The molecule has 0 spiro atoms. The number of hydrogen-bond donors (Lipinski definition) is 1. The van der Waals surface area contributed by atoms with Crippen molar-refractivity contribution in [1.29, 1.82) is 0 Å². The summed E-state index contributed by atoms with van der Waals surface area (Å²) >= 11 is 5.78. The van der Waals surface area contributed by atoms with Crippen LogP contribution in [0.15, 0.2) is 78.9 Å². The Hall–Kier alpha value is -3.71. The highest BCUT2D eigenvalue weighted by molar-refractivity contribution is 7.80. The zero-order chi connectivity index (χ0) is 24.9. The molecule has 3 aromatic carbocycles. The summed E-state index contributed by atoms with van der Waals surface area (Å²) < 4.78 is 0. The molecule has 1 saturated heterocycles. The van der Waals surface area contributed by atoms with E-state index in [0.717, 1.165) is 22.5 Å². The Bertz CT molecular complexity index is 1190. The SMILES string of the molecule is Cc1ccc(N2C(=O)C[C@H](N(CCc3ccccc3)C(=S)Nc3ccc(N(C)C)cc3)C2=O)cc1. The van der Waals surface area contributed by atoms with Gasteiger partial charge in [0.05, 0.1) is 12.1 Å². The maximum atomic E-state index is 13.5. The zero-order valence-corrected chi connectivity index (χ0v) is 21.1. The minimum Gasteiger partial charge on any atom is -0.378 e. The Morgan fingerprint density at radius 3 is 2.26 bits per heavy atom. The monoisotopic (exact) mass is 486 g/mol. The fourth-order valence-electron chi connectivity index (χ4n) is 4.16.